The lowest BCUT2D eigenvalue weighted by molar-refractivity contribution is -0.148. The number of carbonyl (C=O) groups excluding carboxylic acids is 1. The molecule has 2 unspecified atom stereocenters. The van der Waals surface area contributed by atoms with Crippen molar-refractivity contribution in [1.29, 1.82) is 0 Å². The van der Waals surface area contributed by atoms with Crippen molar-refractivity contribution < 1.29 is 35.9 Å². The predicted octanol–water partition coefficient (Wildman–Crippen LogP) is 4.42. The number of rotatable bonds is 8. The first-order valence-electron chi connectivity index (χ1n) is 11.8. The molecule has 3 aromatic rings. The van der Waals surface area contributed by atoms with Gasteiger partial charge in [0.1, 0.15) is 11.6 Å². The predicted molar refractivity (Wildman–Crippen MR) is 123 cm³/mol. The SMILES string of the molecule is COc1ccc(C(C)NC(CCc2cc(F)c(F)cc2F)C(=O)N2CCn3c(nnc3C(F)(F)F)C2)cc1. The number of benzene rings is 2. The molecular formula is C25H25F6N5O2. The molecule has 1 aliphatic heterocycles. The molecule has 0 radical (unpaired) electrons. The Morgan fingerprint density at radius 2 is 1.74 bits per heavy atom. The molecule has 4 rings (SSSR count). The highest BCUT2D eigenvalue weighted by Crippen LogP contribution is 2.30. The highest BCUT2D eigenvalue weighted by molar-refractivity contribution is 5.82. The van der Waals surface area contributed by atoms with Crippen molar-refractivity contribution in [3.63, 3.8) is 0 Å². The van der Waals surface area contributed by atoms with Crippen molar-refractivity contribution in [2.75, 3.05) is 13.7 Å². The van der Waals surface area contributed by atoms with E-state index in [1.54, 1.807) is 24.3 Å². The minimum atomic E-state index is -4.68. The van der Waals surface area contributed by atoms with Gasteiger partial charge in [0.2, 0.25) is 11.7 Å². The molecule has 0 fully saturated rings. The van der Waals surface area contributed by atoms with Crippen LogP contribution in [0.1, 0.15) is 42.2 Å². The molecule has 0 aliphatic carbocycles. The number of hydrogen-bond donors (Lipinski definition) is 1. The molecule has 2 atom stereocenters. The van der Waals surface area contributed by atoms with E-state index in [9.17, 15) is 31.1 Å². The van der Waals surface area contributed by atoms with Gasteiger partial charge in [-0.1, -0.05) is 12.1 Å². The minimum Gasteiger partial charge on any atom is -0.497 e. The Balaban J connectivity index is 1.54. The van der Waals surface area contributed by atoms with Crippen molar-refractivity contribution in [2.45, 2.75) is 51.1 Å². The Hall–Kier alpha value is -3.61. The van der Waals surface area contributed by atoms with E-state index in [1.165, 1.54) is 12.0 Å². The van der Waals surface area contributed by atoms with Crippen LogP contribution in [-0.2, 0) is 30.5 Å². The summed E-state index contributed by atoms with van der Waals surface area (Å²) in [7, 11) is 1.53. The highest BCUT2D eigenvalue weighted by atomic mass is 19.4. The number of nitrogens with zero attached hydrogens (tertiary/aromatic N) is 4. The Kier molecular flexibility index (Phi) is 7.95. The molecule has 1 amide bonds. The first-order valence-corrected chi connectivity index (χ1v) is 11.8. The number of halogens is 6. The third kappa shape index (κ3) is 5.93. The van der Waals surface area contributed by atoms with Crippen LogP contribution in [0.5, 0.6) is 5.75 Å². The number of aromatic nitrogens is 3. The summed E-state index contributed by atoms with van der Waals surface area (Å²) in [5.41, 5.74) is 0.713. The standard InChI is InChI=1S/C25H25F6N5O2/c1-14(15-3-6-17(38-2)7-4-15)32-21(8-5-16-11-19(27)20(28)12-18(16)26)23(37)35-9-10-36-22(13-35)33-34-24(36)25(29,30)31/h3-4,6-7,11-12,14,21,32H,5,8-10,13H2,1-2H3. The smallest absolute Gasteiger partial charge is 0.451 e. The number of ether oxygens (including phenoxy) is 1. The monoisotopic (exact) mass is 541 g/mol. The molecule has 1 aromatic heterocycles. The summed E-state index contributed by atoms with van der Waals surface area (Å²) >= 11 is 0. The largest absolute Gasteiger partial charge is 0.497 e. The second kappa shape index (κ2) is 11.0. The zero-order valence-corrected chi connectivity index (χ0v) is 20.5. The van der Waals surface area contributed by atoms with Crippen LogP contribution in [0, 0.1) is 17.5 Å². The molecule has 0 bridgehead atoms. The number of aryl methyl sites for hydroxylation is 1. The molecule has 0 saturated heterocycles. The normalized spacial score (nSPS) is 15.2. The minimum absolute atomic E-state index is 0.00877. The van der Waals surface area contributed by atoms with Crippen molar-refractivity contribution in [3.8, 4) is 5.75 Å². The number of fused-ring (bicyclic) bond motifs is 1. The first kappa shape index (κ1) is 27.4. The van der Waals surface area contributed by atoms with Crippen LogP contribution < -0.4 is 10.1 Å². The van der Waals surface area contributed by atoms with Gasteiger partial charge in [-0.3, -0.25) is 10.1 Å². The van der Waals surface area contributed by atoms with E-state index in [2.05, 4.69) is 15.5 Å². The molecular weight excluding hydrogens is 516 g/mol. The third-order valence-corrected chi connectivity index (χ3v) is 6.48. The summed E-state index contributed by atoms with van der Waals surface area (Å²) in [4.78, 5) is 14.9. The number of methoxy groups -OCH3 is 1. The lowest BCUT2D eigenvalue weighted by Gasteiger charge is -2.32. The van der Waals surface area contributed by atoms with Gasteiger partial charge >= 0.3 is 6.18 Å². The molecule has 13 heteroatoms. The van der Waals surface area contributed by atoms with E-state index in [0.717, 1.165) is 16.2 Å². The summed E-state index contributed by atoms with van der Waals surface area (Å²) in [5.74, 6) is -4.42. The van der Waals surface area contributed by atoms with Gasteiger partial charge in [-0.2, -0.15) is 13.2 Å². The Morgan fingerprint density at radius 1 is 1.05 bits per heavy atom. The van der Waals surface area contributed by atoms with Crippen molar-refractivity contribution in [3.05, 3.63) is 76.6 Å². The Bertz CT molecular complexity index is 1290. The summed E-state index contributed by atoms with van der Waals surface area (Å²) < 4.78 is 87.0. The van der Waals surface area contributed by atoms with Crippen LogP contribution in [0.4, 0.5) is 26.3 Å². The molecule has 0 spiro atoms. The molecule has 38 heavy (non-hydrogen) atoms. The number of carbonyl (C=O) groups is 1. The number of alkyl halides is 3. The average Bonchev–Trinajstić information content (AvgIpc) is 3.33. The maximum absolute atomic E-state index is 14.3. The molecule has 2 heterocycles. The van der Waals surface area contributed by atoms with E-state index in [0.29, 0.717) is 11.8 Å². The van der Waals surface area contributed by atoms with Gasteiger partial charge in [-0.25, -0.2) is 13.2 Å². The maximum Gasteiger partial charge on any atom is 0.451 e. The van der Waals surface area contributed by atoms with Gasteiger partial charge in [0.15, 0.2) is 17.5 Å². The van der Waals surface area contributed by atoms with Crippen molar-refractivity contribution in [1.82, 2.24) is 25.0 Å². The van der Waals surface area contributed by atoms with Crippen LogP contribution in [0.3, 0.4) is 0 Å². The van der Waals surface area contributed by atoms with Crippen molar-refractivity contribution >= 4 is 5.91 Å². The molecule has 2 aromatic carbocycles. The van der Waals surface area contributed by atoms with Crippen LogP contribution in [0.25, 0.3) is 0 Å². The zero-order chi connectivity index (χ0) is 27.6. The second-order valence-corrected chi connectivity index (χ2v) is 8.96. The lowest BCUT2D eigenvalue weighted by Crippen LogP contribution is -2.50. The van der Waals surface area contributed by atoms with Crippen LogP contribution in [0.15, 0.2) is 36.4 Å². The number of hydrogen-bond acceptors (Lipinski definition) is 5. The van der Waals surface area contributed by atoms with Gasteiger partial charge < -0.3 is 14.2 Å². The van der Waals surface area contributed by atoms with Crippen LogP contribution >= 0.6 is 0 Å². The van der Waals surface area contributed by atoms with Crippen LogP contribution in [-0.4, -0.2) is 45.3 Å². The van der Waals surface area contributed by atoms with Gasteiger partial charge in [0.25, 0.3) is 0 Å². The fourth-order valence-electron chi connectivity index (χ4n) is 4.40. The molecule has 204 valence electrons. The summed E-state index contributed by atoms with van der Waals surface area (Å²) in [6.07, 6.45) is -4.76. The fraction of sp³-hybridized carbons (Fsp3) is 0.400. The summed E-state index contributed by atoms with van der Waals surface area (Å²) in [6, 6.07) is 7.01. The summed E-state index contributed by atoms with van der Waals surface area (Å²) in [6.45, 7) is 1.43. The van der Waals surface area contributed by atoms with Gasteiger partial charge in [0, 0.05) is 25.2 Å². The second-order valence-electron chi connectivity index (χ2n) is 8.96. The van der Waals surface area contributed by atoms with E-state index in [-0.39, 0.29) is 49.9 Å². The number of nitrogens with one attached hydrogen (secondary N) is 1. The van der Waals surface area contributed by atoms with E-state index in [4.69, 9.17) is 4.74 Å². The molecule has 0 saturated carbocycles. The quantitative estimate of drug-likeness (QED) is 0.338. The van der Waals surface area contributed by atoms with Crippen LogP contribution in [0.2, 0.25) is 0 Å². The lowest BCUT2D eigenvalue weighted by atomic mass is 10.0. The summed E-state index contributed by atoms with van der Waals surface area (Å²) in [5, 5.41) is 10.0. The fourth-order valence-corrected chi connectivity index (χ4v) is 4.40. The zero-order valence-electron chi connectivity index (χ0n) is 20.5. The topological polar surface area (TPSA) is 72.3 Å². The highest BCUT2D eigenvalue weighted by Gasteiger charge is 2.40. The molecule has 1 N–H and O–H groups in total. The third-order valence-electron chi connectivity index (χ3n) is 6.48. The molecule has 1 aliphatic rings. The Morgan fingerprint density at radius 3 is 2.39 bits per heavy atom. The average molecular weight is 541 g/mol. The Labute approximate surface area is 214 Å². The van der Waals surface area contributed by atoms with Gasteiger partial charge in [-0.15, -0.1) is 10.2 Å². The number of amides is 1. The maximum atomic E-state index is 14.3. The van der Waals surface area contributed by atoms with Crippen molar-refractivity contribution in [2.24, 2.45) is 0 Å². The van der Waals surface area contributed by atoms with E-state index >= 15 is 0 Å². The first-order chi connectivity index (χ1) is 18.0. The molecule has 7 nitrogen and oxygen atoms in total. The van der Waals surface area contributed by atoms with E-state index in [1.807, 2.05) is 6.92 Å². The van der Waals surface area contributed by atoms with Gasteiger partial charge in [0.05, 0.1) is 19.7 Å². The van der Waals surface area contributed by atoms with Gasteiger partial charge in [-0.05, 0) is 49.1 Å². The van der Waals surface area contributed by atoms with E-state index < -0.39 is 41.4 Å².